The average molecular weight is 335 g/mol. The zero-order valence-electron chi connectivity index (χ0n) is 13.5. The Morgan fingerprint density at radius 2 is 2.22 bits per heavy atom. The number of aryl methyl sites for hydroxylation is 1. The zero-order chi connectivity index (χ0) is 16.7. The summed E-state index contributed by atoms with van der Waals surface area (Å²) in [6.07, 6.45) is 1.43. The van der Waals surface area contributed by atoms with Crippen LogP contribution in [0.1, 0.15) is 40.4 Å². The van der Waals surface area contributed by atoms with Crippen LogP contribution < -0.4 is 10.1 Å². The van der Waals surface area contributed by atoms with Crippen LogP contribution >= 0.6 is 11.5 Å². The Balaban J connectivity index is 2.02. The molecule has 0 saturated carbocycles. The summed E-state index contributed by atoms with van der Waals surface area (Å²) in [4.78, 5) is 12.9. The van der Waals surface area contributed by atoms with Crippen LogP contribution in [-0.2, 0) is 11.2 Å². The summed E-state index contributed by atoms with van der Waals surface area (Å²) in [5.74, 6) is 0.598. The van der Waals surface area contributed by atoms with Gasteiger partial charge in [0.1, 0.15) is 10.6 Å². The van der Waals surface area contributed by atoms with Gasteiger partial charge in [-0.05, 0) is 35.6 Å². The normalized spacial score (nSPS) is 12.0. The lowest BCUT2D eigenvalue weighted by molar-refractivity contribution is 0.0829. The molecule has 1 heterocycles. The van der Waals surface area contributed by atoms with Gasteiger partial charge in [-0.25, -0.2) is 0 Å². The van der Waals surface area contributed by atoms with Crippen molar-refractivity contribution in [1.29, 1.82) is 0 Å². The minimum absolute atomic E-state index is 0.159. The van der Waals surface area contributed by atoms with Gasteiger partial charge in [0.2, 0.25) is 0 Å². The number of rotatable bonds is 8. The Hall–Kier alpha value is -1.99. The molecule has 7 heteroatoms. The summed E-state index contributed by atoms with van der Waals surface area (Å²) in [7, 11) is 3.24. The second-order valence-electron chi connectivity index (χ2n) is 5.01. The van der Waals surface area contributed by atoms with Gasteiger partial charge in [-0.2, -0.15) is 0 Å². The third-order valence-electron chi connectivity index (χ3n) is 3.45. The van der Waals surface area contributed by atoms with E-state index in [1.54, 1.807) is 14.2 Å². The van der Waals surface area contributed by atoms with E-state index in [2.05, 4.69) is 14.9 Å². The number of aromatic nitrogens is 2. The third kappa shape index (κ3) is 4.49. The average Bonchev–Trinajstić information content (AvgIpc) is 3.04. The number of carbonyl (C=O) groups excluding carboxylic acids is 1. The van der Waals surface area contributed by atoms with Crippen LogP contribution in [0.4, 0.5) is 0 Å². The molecule has 0 bridgehead atoms. The number of hydrogen-bond acceptors (Lipinski definition) is 6. The van der Waals surface area contributed by atoms with Gasteiger partial charge in [0.15, 0.2) is 0 Å². The maximum absolute atomic E-state index is 12.3. The summed E-state index contributed by atoms with van der Waals surface area (Å²) in [6.45, 7) is 2.41. The third-order valence-corrected chi connectivity index (χ3v) is 4.21. The first-order valence-electron chi connectivity index (χ1n) is 7.45. The van der Waals surface area contributed by atoms with E-state index in [9.17, 15) is 4.79 Å². The zero-order valence-corrected chi connectivity index (χ0v) is 14.4. The molecule has 1 atom stereocenters. The molecule has 0 aliphatic carbocycles. The van der Waals surface area contributed by atoms with E-state index in [0.29, 0.717) is 11.4 Å². The molecule has 1 aromatic heterocycles. The molecule has 1 amide bonds. The molecule has 0 aliphatic rings. The molecule has 0 spiro atoms. The molecule has 23 heavy (non-hydrogen) atoms. The Labute approximate surface area is 140 Å². The molecule has 2 rings (SSSR count). The van der Waals surface area contributed by atoms with Crippen molar-refractivity contribution in [3.05, 3.63) is 40.4 Å². The largest absolute Gasteiger partial charge is 0.497 e. The lowest BCUT2D eigenvalue weighted by Gasteiger charge is -2.17. The highest BCUT2D eigenvalue weighted by Crippen LogP contribution is 2.21. The first kappa shape index (κ1) is 17.4. The molecular formula is C16H21N3O3S. The highest BCUT2D eigenvalue weighted by Gasteiger charge is 2.18. The molecule has 0 aliphatic heterocycles. The van der Waals surface area contributed by atoms with Gasteiger partial charge >= 0.3 is 0 Å². The molecule has 2 aromatic rings. The maximum Gasteiger partial charge on any atom is 0.265 e. The van der Waals surface area contributed by atoms with E-state index in [1.807, 2.05) is 31.2 Å². The van der Waals surface area contributed by atoms with Crippen molar-refractivity contribution in [2.45, 2.75) is 25.9 Å². The Morgan fingerprint density at radius 3 is 2.91 bits per heavy atom. The van der Waals surface area contributed by atoms with Crippen LogP contribution in [0.25, 0.3) is 0 Å². The number of nitrogens with zero attached hydrogens (tertiary/aromatic N) is 2. The van der Waals surface area contributed by atoms with Crippen LogP contribution in [0, 0.1) is 0 Å². The van der Waals surface area contributed by atoms with E-state index in [-0.39, 0.29) is 12.0 Å². The fourth-order valence-electron chi connectivity index (χ4n) is 2.23. The minimum Gasteiger partial charge on any atom is -0.497 e. The van der Waals surface area contributed by atoms with E-state index < -0.39 is 0 Å². The number of hydrogen-bond donors (Lipinski definition) is 1. The minimum atomic E-state index is -0.246. The molecule has 0 fully saturated rings. The topological polar surface area (TPSA) is 73.3 Å². The number of benzene rings is 1. The van der Waals surface area contributed by atoms with Gasteiger partial charge < -0.3 is 14.8 Å². The molecule has 124 valence electrons. The number of carbonyl (C=O) groups is 1. The SMILES string of the molecule is CCCc1nnsc1C(=O)NCC(OC)c1cccc(OC)c1. The van der Waals surface area contributed by atoms with Crippen molar-refractivity contribution < 1.29 is 14.3 Å². The summed E-state index contributed by atoms with van der Waals surface area (Å²) in [5.41, 5.74) is 1.70. The van der Waals surface area contributed by atoms with Crippen LogP contribution in [0.2, 0.25) is 0 Å². The van der Waals surface area contributed by atoms with Gasteiger partial charge in [-0.1, -0.05) is 30.0 Å². The lowest BCUT2D eigenvalue weighted by atomic mass is 10.1. The number of ether oxygens (including phenoxy) is 2. The molecular weight excluding hydrogens is 314 g/mol. The van der Waals surface area contributed by atoms with Crippen molar-refractivity contribution in [2.24, 2.45) is 0 Å². The highest BCUT2D eigenvalue weighted by atomic mass is 32.1. The Bertz CT molecular complexity index is 645. The molecule has 0 saturated heterocycles. The molecule has 6 nitrogen and oxygen atoms in total. The Morgan fingerprint density at radius 1 is 1.39 bits per heavy atom. The maximum atomic E-state index is 12.3. The lowest BCUT2D eigenvalue weighted by Crippen LogP contribution is -2.29. The quantitative estimate of drug-likeness (QED) is 0.803. The number of methoxy groups -OCH3 is 2. The van der Waals surface area contributed by atoms with Crippen LogP contribution in [0.5, 0.6) is 5.75 Å². The monoisotopic (exact) mass is 335 g/mol. The first-order chi connectivity index (χ1) is 11.2. The first-order valence-corrected chi connectivity index (χ1v) is 8.23. The molecule has 1 aromatic carbocycles. The van der Waals surface area contributed by atoms with Gasteiger partial charge in [-0.15, -0.1) is 5.10 Å². The Kier molecular flexibility index (Phi) is 6.49. The van der Waals surface area contributed by atoms with Crippen LogP contribution in [0.3, 0.4) is 0 Å². The highest BCUT2D eigenvalue weighted by molar-refractivity contribution is 7.08. The molecule has 1 N–H and O–H groups in total. The van der Waals surface area contributed by atoms with Gasteiger partial charge in [0.25, 0.3) is 5.91 Å². The predicted molar refractivity (Wildman–Crippen MR) is 89.0 cm³/mol. The summed E-state index contributed by atoms with van der Waals surface area (Å²) in [6, 6.07) is 7.61. The fourth-order valence-corrected chi connectivity index (χ4v) is 2.85. The summed E-state index contributed by atoms with van der Waals surface area (Å²) < 4.78 is 14.6. The van der Waals surface area contributed by atoms with Crippen molar-refractivity contribution in [3.8, 4) is 5.75 Å². The van der Waals surface area contributed by atoms with E-state index >= 15 is 0 Å². The van der Waals surface area contributed by atoms with Crippen molar-refractivity contribution in [1.82, 2.24) is 14.9 Å². The number of amides is 1. The van der Waals surface area contributed by atoms with E-state index in [0.717, 1.165) is 41.4 Å². The number of nitrogens with one attached hydrogen (secondary N) is 1. The van der Waals surface area contributed by atoms with Gasteiger partial charge in [-0.3, -0.25) is 4.79 Å². The summed E-state index contributed by atoms with van der Waals surface area (Å²) in [5, 5.41) is 6.91. The predicted octanol–water partition coefficient (Wildman–Crippen LogP) is 2.62. The second-order valence-corrected chi connectivity index (χ2v) is 5.76. The van der Waals surface area contributed by atoms with Crippen LogP contribution in [0.15, 0.2) is 24.3 Å². The second kappa shape index (κ2) is 8.59. The molecule has 1 unspecified atom stereocenters. The van der Waals surface area contributed by atoms with Gasteiger partial charge in [0, 0.05) is 13.7 Å². The standard InChI is InChI=1S/C16H21N3O3S/c1-4-6-13-15(23-19-18-13)16(20)17-10-14(22-3)11-7-5-8-12(9-11)21-2/h5,7-9,14H,4,6,10H2,1-3H3,(H,17,20). The van der Waals surface area contributed by atoms with E-state index in [1.165, 1.54) is 0 Å². The van der Waals surface area contributed by atoms with Crippen molar-refractivity contribution in [2.75, 3.05) is 20.8 Å². The van der Waals surface area contributed by atoms with Gasteiger partial charge in [0.05, 0.1) is 18.9 Å². The van der Waals surface area contributed by atoms with E-state index in [4.69, 9.17) is 9.47 Å². The van der Waals surface area contributed by atoms with Crippen molar-refractivity contribution in [3.63, 3.8) is 0 Å². The fraction of sp³-hybridized carbons (Fsp3) is 0.438. The van der Waals surface area contributed by atoms with Crippen molar-refractivity contribution >= 4 is 17.4 Å². The molecule has 0 radical (unpaired) electrons. The smallest absolute Gasteiger partial charge is 0.265 e. The summed E-state index contributed by atoms with van der Waals surface area (Å²) >= 11 is 1.12. The van der Waals surface area contributed by atoms with Crippen LogP contribution in [-0.4, -0.2) is 36.3 Å².